The standard InChI is InChI=1S/C16H21NO2/c1-17-14(16(15(18)19)8-3-9-16)13-7-6-11-4-2-5-12(11)10-13/h6-7,10,14,17H,2-5,8-9H2,1H3,(H,18,19). The normalized spacial score (nSPS) is 21.5. The maximum absolute atomic E-state index is 11.7. The van der Waals surface area contributed by atoms with Gasteiger partial charge >= 0.3 is 5.97 Å². The van der Waals surface area contributed by atoms with Crippen molar-refractivity contribution in [3.63, 3.8) is 0 Å². The molecule has 1 fully saturated rings. The van der Waals surface area contributed by atoms with E-state index in [-0.39, 0.29) is 6.04 Å². The number of hydrogen-bond acceptors (Lipinski definition) is 2. The summed E-state index contributed by atoms with van der Waals surface area (Å²) in [6.45, 7) is 0. The van der Waals surface area contributed by atoms with Gasteiger partial charge < -0.3 is 10.4 Å². The van der Waals surface area contributed by atoms with Gasteiger partial charge in [0, 0.05) is 6.04 Å². The summed E-state index contributed by atoms with van der Waals surface area (Å²) in [6, 6.07) is 6.47. The molecule has 2 aliphatic carbocycles. The van der Waals surface area contributed by atoms with Crippen molar-refractivity contribution in [3.8, 4) is 0 Å². The average molecular weight is 259 g/mol. The molecule has 2 aliphatic rings. The van der Waals surface area contributed by atoms with E-state index in [2.05, 4.69) is 23.5 Å². The van der Waals surface area contributed by atoms with Gasteiger partial charge in [-0.15, -0.1) is 0 Å². The predicted octanol–water partition coefficient (Wildman–Crippen LogP) is 2.69. The minimum Gasteiger partial charge on any atom is -0.481 e. The number of carboxylic acid groups (broad SMARTS) is 1. The van der Waals surface area contributed by atoms with E-state index in [0.717, 1.165) is 31.2 Å². The van der Waals surface area contributed by atoms with Gasteiger partial charge in [0.1, 0.15) is 0 Å². The molecular weight excluding hydrogens is 238 g/mol. The fourth-order valence-corrected chi connectivity index (χ4v) is 3.72. The van der Waals surface area contributed by atoms with Crippen LogP contribution in [0.4, 0.5) is 0 Å². The molecule has 0 amide bonds. The molecule has 2 N–H and O–H groups in total. The molecule has 3 rings (SSSR count). The first-order chi connectivity index (χ1) is 9.17. The third kappa shape index (κ3) is 1.88. The zero-order chi connectivity index (χ0) is 13.5. The summed E-state index contributed by atoms with van der Waals surface area (Å²) in [7, 11) is 1.88. The molecule has 1 atom stereocenters. The Hall–Kier alpha value is -1.35. The van der Waals surface area contributed by atoms with Crippen LogP contribution in [0, 0.1) is 5.41 Å². The van der Waals surface area contributed by atoms with Gasteiger partial charge in [-0.25, -0.2) is 0 Å². The second kappa shape index (κ2) is 4.64. The van der Waals surface area contributed by atoms with Crippen LogP contribution in [0.25, 0.3) is 0 Å². The number of aliphatic carboxylic acids is 1. The lowest BCUT2D eigenvalue weighted by Gasteiger charge is -2.44. The minimum atomic E-state index is -0.654. The highest BCUT2D eigenvalue weighted by Gasteiger charge is 2.50. The average Bonchev–Trinajstić information content (AvgIpc) is 2.79. The molecule has 0 heterocycles. The van der Waals surface area contributed by atoms with Gasteiger partial charge in [-0.3, -0.25) is 4.79 Å². The van der Waals surface area contributed by atoms with Gasteiger partial charge in [-0.2, -0.15) is 0 Å². The summed E-state index contributed by atoms with van der Waals surface area (Å²) in [5.74, 6) is -0.654. The van der Waals surface area contributed by atoms with Gasteiger partial charge in [-0.1, -0.05) is 24.6 Å². The molecule has 0 aromatic heterocycles. The number of hydrogen-bond donors (Lipinski definition) is 2. The smallest absolute Gasteiger partial charge is 0.311 e. The highest BCUT2D eigenvalue weighted by atomic mass is 16.4. The zero-order valence-corrected chi connectivity index (χ0v) is 11.4. The van der Waals surface area contributed by atoms with Crippen molar-refractivity contribution in [2.45, 2.75) is 44.6 Å². The fourth-order valence-electron chi connectivity index (χ4n) is 3.72. The molecule has 19 heavy (non-hydrogen) atoms. The van der Waals surface area contributed by atoms with E-state index in [4.69, 9.17) is 0 Å². The zero-order valence-electron chi connectivity index (χ0n) is 11.4. The van der Waals surface area contributed by atoms with E-state index in [1.165, 1.54) is 24.0 Å². The summed E-state index contributed by atoms with van der Waals surface area (Å²) < 4.78 is 0. The lowest BCUT2D eigenvalue weighted by molar-refractivity contribution is -0.157. The highest BCUT2D eigenvalue weighted by molar-refractivity contribution is 5.77. The molecule has 1 saturated carbocycles. The van der Waals surface area contributed by atoms with Gasteiger partial charge in [0.25, 0.3) is 0 Å². The van der Waals surface area contributed by atoms with Crippen LogP contribution < -0.4 is 5.32 Å². The summed E-state index contributed by atoms with van der Waals surface area (Å²) >= 11 is 0. The number of fused-ring (bicyclic) bond motifs is 1. The molecular formula is C16H21NO2. The first-order valence-electron chi connectivity index (χ1n) is 7.20. The van der Waals surface area contributed by atoms with Crippen molar-refractivity contribution < 1.29 is 9.90 Å². The Morgan fingerprint density at radius 2 is 2.00 bits per heavy atom. The van der Waals surface area contributed by atoms with Gasteiger partial charge in [0.05, 0.1) is 5.41 Å². The van der Waals surface area contributed by atoms with Crippen LogP contribution in [0.15, 0.2) is 18.2 Å². The van der Waals surface area contributed by atoms with Crippen LogP contribution >= 0.6 is 0 Å². The molecule has 1 aromatic carbocycles. The van der Waals surface area contributed by atoms with E-state index in [0.29, 0.717) is 0 Å². The monoisotopic (exact) mass is 259 g/mol. The lowest BCUT2D eigenvalue weighted by Crippen LogP contribution is -2.47. The quantitative estimate of drug-likeness (QED) is 0.874. The van der Waals surface area contributed by atoms with Crippen molar-refractivity contribution in [3.05, 3.63) is 34.9 Å². The molecule has 0 bridgehead atoms. The van der Waals surface area contributed by atoms with E-state index >= 15 is 0 Å². The fraction of sp³-hybridized carbons (Fsp3) is 0.562. The number of carboxylic acids is 1. The minimum absolute atomic E-state index is 0.0651. The van der Waals surface area contributed by atoms with Crippen molar-refractivity contribution >= 4 is 5.97 Å². The van der Waals surface area contributed by atoms with Gasteiger partial charge in [0.15, 0.2) is 0 Å². The van der Waals surface area contributed by atoms with E-state index in [9.17, 15) is 9.90 Å². The Labute approximate surface area is 114 Å². The highest BCUT2D eigenvalue weighted by Crippen LogP contribution is 2.50. The predicted molar refractivity (Wildman–Crippen MR) is 74.2 cm³/mol. The van der Waals surface area contributed by atoms with E-state index in [1.807, 2.05) is 7.05 Å². The van der Waals surface area contributed by atoms with Crippen molar-refractivity contribution in [1.29, 1.82) is 0 Å². The van der Waals surface area contributed by atoms with E-state index < -0.39 is 11.4 Å². The molecule has 1 aromatic rings. The molecule has 0 radical (unpaired) electrons. The largest absolute Gasteiger partial charge is 0.481 e. The Kier molecular flexibility index (Phi) is 3.09. The summed E-state index contributed by atoms with van der Waals surface area (Å²) in [4.78, 5) is 11.7. The first kappa shape index (κ1) is 12.7. The molecule has 102 valence electrons. The Morgan fingerprint density at radius 1 is 1.26 bits per heavy atom. The van der Waals surface area contributed by atoms with Crippen molar-refractivity contribution in [1.82, 2.24) is 5.32 Å². The van der Waals surface area contributed by atoms with Gasteiger partial charge in [-0.05, 0) is 55.8 Å². The topological polar surface area (TPSA) is 49.3 Å². The van der Waals surface area contributed by atoms with Crippen LogP contribution in [0.3, 0.4) is 0 Å². The lowest BCUT2D eigenvalue weighted by atomic mass is 9.62. The van der Waals surface area contributed by atoms with E-state index in [1.54, 1.807) is 0 Å². The van der Waals surface area contributed by atoms with Crippen molar-refractivity contribution in [2.24, 2.45) is 5.41 Å². The number of benzene rings is 1. The third-order valence-electron chi connectivity index (χ3n) is 4.97. The van der Waals surface area contributed by atoms with Crippen LogP contribution in [-0.2, 0) is 17.6 Å². The third-order valence-corrected chi connectivity index (χ3v) is 4.97. The second-order valence-corrected chi connectivity index (χ2v) is 5.92. The molecule has 3 nitrogen and oxygen atoms in total. The number of carbonyl (C=O) groups is 1. The Morgan fingerprint density at radius 3 is 2.58 bits per heavy atom. The van der Waals surface area contributed by atoms with Crippen LogP contribution in [-0.4, -0.2) is 18.1 Å². The number of rotatable bonds is 4. The van der Waals surface area contributed by atoms with Gasteiger partial charge in [0.2, 0.25) is 0 Å². The summed E-state index contributed by atoms with van der Waals surface area (Å²) in [6.07, 6.45) is 6.13. The first-order valence-corrected chi connectivity index (χ1v) is 7.20. The SMILES string of the molecule is CNC(c1ccc2c(c1)CCC2)C1(C(=O)O)CCC1. The maximum atomic E-state index is 11.7. The summed E-state index contributed by atoms with van der Waals surface area (Å²) in [5.41, 5.74) is 3.40. The van der Waals surface area contributed by atoms with Crippen LogP contribution in [0.5, 0.6) is 0 Å². The number of aryl methyl sites for hydroxylation is 2. The molecule has 3 heteroatoms. The Balaban J connectivity index is 1.96. The van der Waals surface area contributed by atoms with Crippen molar-refractivity contribution in [2.75, 3.05) is 7.05 Å². The molecule has 1 unspecified atom stereocenters. The Bertz CT molecular complexity index is 505. The van der Waals surface area contributed by atoms with Crippen LogP contribution in [0.2, 0.25) is 0 Å². The molecule has 0 spiro atoms. The molecule has 0 saturated heterocycles. The maximum Gasteiger partial charge on any atom is 0.311 e. The second-order valence-electron chi connectivity index (χ2n) is 5.92. The summed E-state index contributed by atoms with van der Waals surface area (Å²) in [5, 5.41) is 12.9. The molecule has 0 aliphatic heterocycles. The number of nitrogens with one attached hydrogen (secondary N) is 1. The van der Waals surface area contributed by atoms with Crippen LogP contribution in [0.1, 0.15) is 48.4 Å².